The van der Waals surface area contributed by atoms with Crippen LogP contribution in [0.5, 0.6) is 5.75 Å². The summed E-state index contributed by atoms with van der Waals surface area (Å²) in [6.07, 6.45) is 2.56. The van der Waals surface area contributed by atoms with Gasteiger partial charge in [0.25, 0.3) is 0 Å². The molecule has 1 heterocycles. The first-order valence-corrected chi connectivity index (χ1v) is 9.14. The highest BCUT2D eigenvalue weighted by atomic mass is 16.5. The number of rotatable bonds is 9. The molecule has 0 aliphatic carbocycles. The number of amides is 2. The Kier molecular flexibility index (Phi) is 7.73. The molecule has 1 atom stereocenters. The Hall–Kier alpha value is -2.08. The zero-order chi connectivity index (χ0) is 18.1. The van der Waals surface area contributed by atoms with Crippen LogP contribution in [-0.4, -0.2) is 49.5 Å². The summed E-state index contributed by atoms with van der Waals surface area (Å²) in [4.78, 5) is 26.3. The Morgan fingerprint density at radius 2 is 1.92 bits per heavy atom. The molecule has 1 aliphatic rings. The van der Waals surface area contributed by atoms with Gasteiger partial charge in [-0.05, 0) is 25.5 Å². The van der Waals surface area contributed by atoms with Crippen molar-refractivity contribution >= 4 is 11.8 Å². The van der Waals surface area contributed by atoms with Crippen LogP contribution >= 0.6 is 0 Å². The van der Waals surface area contributed by atoms with Gasteiger partial charge in [-0.15, -0.1) is 0 Å². The number of nitrogens with one attached hydrogen (secondary N) is 2. The molecule has 1 aliphatic heterocycles. The van der Waals surface area contributed by atoms with Crippen LogP contribution in [0.3, 0.4) is 0 Å². The minimum Gasteiger partial charge on any atom is -0.493 e. The Balaban J connectivity index is 1.90. The summed E-state index contributed by atoms with van der Waals surface area (Å²) >= 11 is 0. The topological polar surface area (TPSA) is 70.7 Å². The first kappa shape index (κ1) is 19.2. The summed E-state index contributed by atoms with van der Waals surface area (Å²) in [6, 6.07) is 7.76. The molecule has 1 aromatic carbocycles. The monoisotopic (exact) mass is 347 g/mol. The fourth-order valence-corrected chi connectivity index (χ4v) is 2.99. The number of benzene rings is 1. The summed E-state index contributed by atoms with van der Waals surface area (Å²) in [5.74, 6) is 0.751. The van der Waals surface area contributed by atoms with Crippen molar-refractivity contribution in [3.8, 4) is 5.75 Å². The molecule has 0 saturated heterocycles. The molecule has 138 valence electrons. The fraction of sp³-hybridized carbons (Fsp3) is 0.579. The van der Waals surface area contributed by atoms with Crippen LogP contribution in [0.1, 0.15) is 44.7 Å². The second-order valence-corrected chi connectivity index (χ2v) is 6.36. The second kappa shape index (κ2) is 10.0. The van der Waals surface area contributed by atoms with Gasteiger partial charge < -0.3 is 15.4 Å². The number of carbonyl (C=O) groups is 2. The molecular formula is C19H29N3O3. The number of fused-ring (bicyclic) bond motifs is 1. The first-order chi connectivity index (χ1) is 12.1. The van der Waals surface area contributed by atoms with Gasteiger partial charge in [0, 0.05) is 18.5 Å². The summed E-state index contributed by atoms with van der Waals surface area (Å²) in [5, 5.41) is 5.95. The van der Waals surface area contributed by atoms with Crippen LogP contribution < -0.4 is 15.4 Å². The maximum absolute atomic E-state index is 12.5. The second-order valence-electron chi connectivity index (χ2n) is 6.36. The molecule has 6 nitrogen and oxygen atoms in total. The highest BCUT2D eigenvalue weighted by Crippen LogP contribution is 2.31. The van der Waals surface area contributed by atoms with Gasteiger partial charge in [-0.2, -0.15) is 0 Å². The number of hydrogen-bond acceptors (Lipinski definition) is 4. The molecule has 1 unspecified atom stereocenters. The van der Waals surface area contributed by atoms with E-state index in [0.717, 1.165) is 37.1 Å². The lowest BCUT2D eigenvalue weighted by Crippen LogP contribution is -2.44. The fourth-order valence-electron chi connectivity index (χ4n) is 2.99. The van der Waals surface area contributed by atoms with E-state index in [2.05, 4.69) is 10.6 Å². The lowest BCUT2D eigenvalue weighted by atomic mass is 10.0. The standard InChI is InChI=1S/C19H29N3O3/c1-3-10-20-18(23)13-22(11-4-2)14-19(24)21-16-9-12-25-17-8-6-5-7-15(16)17/h5-8,16H,3-4,9-14H2,1-2H3,(H,20,23)(H,21,24). The van der Waals surface area contributed by atoms with Gasteiger partial charge in [0.2, 0.25) is 11.8 Å². The minimum absolute atomic E-state index is 0.0282. The van der Waals surface area contributed by atoms with Gasteiger partial charge in [-0.3, -0.25) is 14.5 Å². The highest BCUT2D eigenvalue weighted by molar-refractivity contribution is 5.81. The SMILES string of the molecule is CCCNC(=O)CN(CCC)CC(=O)NC1CCOc2ccccc21. The Bertz CT molecular complexity index is 577. The maximum atomic E-state index is 12.5. The van der Waals surface area contributed by atoms with E-state index < -0.39 is 0 Å². The Morgan fingerprint density at radius 3 is 2.68 bits per heavy atom. The van der Waals surface area contributed by atoms with Crippen molar-refractivity contribution < 1.29 is 14.3 Å². The predicted molar refractivity (Wildman–Crippen MR) is 97.5 cm³/mol. The minimum atomic E-state index is -0.0570. The summed E-state index contributed by atoms with van der Waals surface area (Å²) < 4.78 is 5.63. The zero-order valence-electron chi connectivity index (χ0n) is 15.2. The predicted octanol–water partition coefficient (Wildman–Crippen LogP) is 1.86. The molecule has 2 amide bonds. The average molecular weight is 347 g/mol. The van der Waals surface area contributed by atoms with Crippen molar-refractivity contribution in [1.29, 1.82) is 0 Å². The maximum Gasteiger partial charge on any atom is 0.234 e. The molecular weight excluding hydrogens is 318 g/mol. The summed E-state index contributed by atoms with van der Waals surface area (Å²) in [7, 11) is 0. The van der Waals surface area contributed by atoms with E-state index in [1.54, 1.807) is 0 Å². The van der Waals surface area contributed by atoms with Crippen LogP contribution in [-0.2, 0) is 9.59 Å². The molecule has 0 fully saturated rings. The molecule has 1 aromatic rings. The first-order valence-electron chi connectivity index (χ1n) is 9.14. The quantitative estimate of drug-likeness (QED) is 0.715. The smallest absolute Gasteiger partial charge is 0.234 e. The third-order valence-corrected chi connectivity index (χ3v) is 4.14. The van der Waals surface area contributed by atoms with Gasteiger partial charge in [0.15, 0.2) is 0 Å². The van der Waals surface area contributed by atoms with Gasteiger partial charge in [0.1, 0.15) is 5.75 Å². The van der Waals surface area contributed by atoms with Gasteiger partial charge in [-0.25, -0.2) is 0 Å². The van der Waals surface area contributed by atoms with E-state index in [4.69, 9.17) is 4.74 Å². The van der Waals surface area contributed by atoms with Crippen molar-refractivity contribution in [1.82, 2.24) is 15.5 Å². The average Bonchev–Trinajstić information content (AvgIpc) is 2.60. The third-order valence-electron chi connectivity index (χ3n) is 4.14. The van der Waals surface area contributed by atoms with E-state index in [-0.39, 0.29) is 30.9 Å². The van der Waals surface area contributed by atoms with Crippen LogP contribution in [0.2, 0.25) is 0 Å². The van der Waals surface area contributed by atoms with Crippen molar-refractivity contribution in [2.24, 2.45) is 0 Å². The molecule has 2 rings (SSSR count). The molecule has 0 saturated carbocycles. The molecule has 0 spiro atoms. The third kappa shape index (κ3) is 6.05. The van der Waals surface area contributed by atoms with Crippen LogP contribution in [0.25, 0.3) is 0 Å². The molecule has 25 heavy (non-hydrogen) atoms. The van der Waals surface area contributed by atoms with Crippen molar-refractivity contribution in [2.45, 2.75) is 39.2 Å². The summed E-state index contributed by atoms with van der Waals surface area (Å²) in [6.45, 7) is 6.53. The van der Waals surface area contributed by atoms with E-state index in [1.807, 2.05) is 43.0 Å². The van der Waals surface area contributed by atoms with E-state index in [9.17, 15) is 9.59 Å². The number of hydrogen-bond donors (Lipinski definition) is 2. The molecule has 6 heteroatoms. The number of ether oxygens (including phenoxy) is 1. The van der Waals surface area contributed by atoms with Crippen LogP contribution in [0.4, 0.5) is 0 Å². The van der Waals surface area contributed by atoms with Gasteiger partial charge in [0.05, 0.1) is 25.7 Å². The number of para-hydroxylation sites is 1. The van der Waals surface area contributed by atoms with Gasteiger partial charge >= 0.3 is 0 Å². The van der Waals surface area contributed by atoms with E-state index in [0.29, 0.717) is 13.2 Å². The Labute approximate surface area is 149 Å². The molecule has 0 radical (unpaired) electrons. The summed E-state index contributed by atoms with van der Waals surface area (Å²) in [5.41, 5.74) is 1.02. The van der Waals surface area contributed by atoms with Crippen molar-refractivity contribution in [3.05, 3.63) is 29.8 Å². The number of carbonyl (C=O) groups excluding carboxylic acids is 2. The normalized spacial score (nSPS) is 16.0. The van der Waals surface area contributed by atoms with Crippen LogP contribution in [0.15, 0.2) is 24.3 Å². The zero-order valence-corrected chi connectivity index (χ0v) is 15.2. The lowest BCUT2D eigenvalue weighted by Gasteiger charge is -2.28. The Morgan fingerprint density at radius 1 is 1.16 bits per heavy atom. The van der Waals surface area contributed by atoms with E-state index in [1.165, 1.54) is 0 Å². The van der Waals surface area contributed by atoms with Crippen molar-refractivity contribution in [2.75, 3.05) is 32.8 Å². The van der Waals surface area contributed by atoms with Crippen LogP contribution in [0, 0.1) is 0 Å². The van der Waals surface area contributed by atoms with Crippen molar-refractivity contribution in [3.63, 3.8) is 0 Å². The molecule has 2 N–H and O–H groups in total. The molecule has 0 bridgehead atoms. The highest BCUT2D eigenvalue weighted by Gasteiger charge is 2.23. The van der Waals surface area contributed by atoms with E-state index >= 15 is 0 Å². The molecule has 0 aromatic heterocycles. The lowest BCUT2D eigenvalue weighted by molar-refractivity contribution is -0.125. The number of nitrogens with zero attached hydrogens (tertiary/aromatic N) is 1. The largest absolute Gasteiger partial charge is 0.493 e. The van der Waals surface area contributed by atoms with Gasteiger partial charge in [-0.1, -0.05) is 32.0 Å².